The van der Waals surface area contributed by atoms with Gasteiger partial charge in [0.2, 0.25) is 0 Å². The summed E-state index contributed by atoms with van der Waals surface area (Å²) in [6.07, 6.45) is 0. The lowest BCUT2D eigenvalue weighted by Crippen LogP contribution is -2.34. The van der Waals surface area contributed by atoms with Crippen LogP contribution in [0.25, 0.3) is 0 Å². The van der Waals surface area contributed by atoms with E-state index in [1.165, 1.54) is 0 Å². The molecule has 0 radical (unpaired) electrons. The molecule has 0 fully saturated rings. The highest BCUT2D eigenvalue weighted by Gasteiger charge is 2.13. The number of thiocarbonyl (C=S) groups is 1. The molecule has 0 aromatic heterocycles. The first kappa shape index (κ1) is 22.0. The van der Waals surface area contributed by atoms with Crippen molar-refractivity contribution in [2.75, 3.05) is 12.4 Å². The van der Waals surface area contributed by atoms with Crippen LogP contribution in [0.3, 0.4) is 0 Å². The third-order valence-electron chi connectivity index (χ3n) is 4.61. The number of carbonyl (C=O) groups excluding carboxylic acids is 2. The lowest BCUT2D eigenvalue weighted by molar-refractivity contribution is 0.0938. The summed E-state index contributed by atoms with van der Waals surface area (Å²) in [6, 6.07) is 23.2. The molecule has 0 aliphatic heterocycles. The van der Waals surface area contributed by atoms with Crippen LogP contribution >= 0.6 is 12.2 Å². The summed E-state index contributed by atoms with van der Waals surface area (Å²) in [5.41, 5.74) is 2.55. The molecule has 3 aromatic rings. The molecule has 6 nitrogen and oxygen atoms in total. The molecule has 0 saturated carbocycles. The molecule has 3 rings (SSSR count). The van der Waals surface area contributed by atoms with E-state index >= 15 is 0 Å². The molecule has 0 heterocycles. The van der Waals surface area contributed by atoms with E-state index in [1.807, 2.05) is 37.3 Å². The molecule has 1 atom stereocenters. The van der Waals surface area contributed by atoms with Gasteiger partial charge < -0.3 is 15.4 Å². The van der Waals surface area contributed by atoms with Crippen molar-refractivity contribution in [1.29, 1.82) is 0 Å². The Labute approximate surface area is 186 Å². The predicted octanol–water partition coefficient (Wildman–Crippen LogP) is 4.31. The smallest absolute Gasteiger partial charge is 0.257 e. The first-order valence-electron chi connectivity index (χ1n) is 9.68. The molecule has 0 saturated heterocycles. The highest BCUT2D eigenvalue weighted by atomic mass is 32.1. The van der Waals surface area contributed by atoms with Crippen LogP contribution in [-0.2, 0) is 0 Å². The van der Waals surface area contributed by atoms with Gasteiger partial charge in [0.05, 0.1) is 13.2 Å². The van der Waals surface area contributed by atoms with Crippen LogP contribution < -0.4 is 20.7 Å². The molecule has 0 aliphatic rings. The predicted molar refractivity (Wildman–Crippen MR) is 125 cm³/mol. The van der Waals surface area contributed by atoms with Gasteiger partial charge in [0.25, 0.3) is 11.8 Å². The first-order chi connectivity index (χ1) is 15.0. The summed E-state index contributed by atoms with van der Waals surface area (Å²) in [4.78, 5) is 25.0. The molecule has 1 unspecified atom stereocenters. The Hall–Kier alpha value is -3.71. The fourth-order valence-electron chi connectivity index (χ4n) is 2.92. The molecule has 3 aromatic carbocycles. The maximum atomic E-state index is 12.6. The van der Waals surface area contributed by atoms with E-state index in [0.29, 0.717) is 22.6 Å². The quantitative estimate of drug-likeness (QED) is 0.505. The standard InChI is InChI=1S/C24H23N3O3S/c1-16(17-7-4-3-5-8-17)25-23(29)19-9-6-10-20(15-19)26-24(31)27-22(28)18-11-13-21(30-2)14-12-18/h3-16H,1-2H3,(H,25,29)(H2,26,27,28,31). The van der Waals surface area contributed by atoms with Gasteiger partial charge >= 0.3 is 0 Å². The van der Waals surface area contributed by atoms with Crippen LogP contribution in [0.2, 0.25) is 0 Å². The summed E-state index contributed by atoms with van der Waals surface area (Å²) >= 11 is 5.24. The van der Waals surface area contributed by atoms with Crippen molar-refractivity contribution in [2.24, 2.45) is 0 Å². The van der Waals surface area contributed by atoms with Crippen LogP contribution in [0, 0.1) is 0 Å². The highest BCUT2D eigenvalue weighted by molar-refractivity contribution is 7.80. The van der Waals surface area contributed by atoms with Crippen molar-refractivity contribution in [3.05, 3.63) is 95.6 Å². The minimum absolute atomic E-state index is 0.129. The van der Waals surface area contributed by atoms with E-state index in [-0.39, 0.29) is 23.0 Å². The molecule has 158 valence electrons. The van der Waals surface area contributed by atoms with Crippen molar-refractivity contribution in [1.82, 2.24) is 10.6 Å². The summed E-state index contributed by atoms with van der Waals surface area (Å²) in [6.45, 7) is 1.93. The number of carbonyl (C=O) groups is 2. The van der Waals surface area contributed by atoms with Crippen molar-refractivity contribution in [3.8, 4) is 5.75 Å². The zero-order valence-electron chi connectivity index (χ0n) is 17.2. The number of benzene rings is 3. The van der Waals surface area contributed by atoms with Gasteiger partial charge in [-0.05, 0) is 67.2 Å². The van der Waals surface area contributed by atoms with Gasteiger partial charge in [-0.15, -0.1) is 0 Å². The van der Waals surface area contributed by atoms with Gasteiger partial charge in [-0.1, -0.05) is 36.4 Å². The van der Waals surface area contributed by atoms with Gasteiger partial charge in [0, 0.05) is 16.8 Å². The molecular weight excluding hydrogens is 410 g/mol. The second-order valence-corrected chi connectivity index (χ2v) is 7.23. The minimum Gasteiger partial charge on any atom is -0.497 e. The van der Waals surface area contributed by atoms with Crippen molar-refractivity contribution in [3.63, 3.8) is 0 Å². The van der Waals surface area contributed by atoms with Crippen LogP contribution in [0.1, 0.15) is 39.2 Å². The van der Waals surface area contributed by atoms with Gasteiger partial charge in [0.15, 0.2) is 5.11 Å². The fraction of sp³-hybridized carbons (Fsp3) is 0.125. The second-order valence-electron chi connectivity index (χ2n) is 6.82. The number of hydrogen-bond acceptors (Lipinski definition) is 4. The topological polar surface area (TPSA) is 79.5 Å². The van der Waals surface area contributed by atoms with Crippen molar-refractivity contribution < 1.29 is 14.3 Å². The number of amides is 2. The second kappa shape index (κ2) is 10.4. The van der Waals surface area contributed by atoms with E-state index in [1.54, 1.807) is 55.6 Å². The fourth-order valence-corrected chi connectivity index (χ4v) is 3.13. The SMILES string of the molecule is COc1ccc(C(=O)NC(=S)Nc2cccc(C(=O)NC(C)c3ccccc3)c2)cc1. The number of methoxy groups -OCH3 is 1. The molecule has 3 N–H and O–H groups in total. The van der Waals surface area contributed by atoms with E-state index in [9.17, 15) is 9.59 Å². The Morgan fingerprint density at radius 2 is 1.58 bits per heavy atom. The van der Waals surface area contributed by atoms with E-state index in [2.05, 4.69) is 16.0 Å². The first-order valence-corrected chi connectivity index (χ1v) is 10.1. The minimum atomic E-state index is -0.342. The highest BCUT2D eigenvalue weighted by Crippen LogP contribution is 2.15. The number of ether oxygens (including phenoxy) is 1. The summed E-state index contributed by atoms with van der Waals surface area (Å²) < 4.78 is 5.09. The summed E-state index contributed by atoms with van der Waals surface area (Å²) in [7, 11) is 1.56. The van der Waals surface area contributed by atoms with Crippen molar-refractivity contribution >= 4 is 34.8 Å². The van der Waals surface area contributed by atoms with Crippen LogP contribution in [0.4, 0.5) is 5.69 Å². The Morgan fingerprint density at radius 3 is 2.26 bits per heavy atom. The Balaban J connectivity index is 1.59. The maximum absolute atomic E-state index is 12.6. The third-order valence-corrected chi connectivity index (χ3v) is 4.81. The number of hydrogen-bond donors (Lipinski definition) is 3. The molecule has 0 aliphatic carbocycles. The average Bonchev–Trinajstić information content (AvgIpc) is 2.79. The summed E-state index contributed by atoms with van der Waals surface area (Å²) in [5.74, 6) is 0.118. The molecular formula is C24H23N3O3S. The summed E-state index contributed by atoms with van der Waals surface area (Å²) in [5, 5.41) is 8.68. The Morgan fingerprint density at radius 1 is 0.871 bits per heavy atom. The number of anilines is 1. The van der Waals surface area contributed by atoms with Gasteiger partial charge in [-0.3, -0.25) is 14.9 Å². The largest absolute Gasteiger partial charge is 0.497 e. The lowest BCUT2D eigenvalue weighted by atomic mass is 10.1. The van der Waals surface area contributed by atoms with Crippen LogP contribution in [0.5, 0.6) is 5.75 Å². The average molecular weight is 434 g/mol. The maximum Gasteiger partial charge on any atom is 0.257 e. The number of nitrogens with one attached hydrogen (secondary N) is 3. The Kier molecular flexibility index (Phi) is 7.35. The Bertz CT molecular complexity index is 1070. The molecule has 7 heteroatoms. The van der Waals surface area contributed by atoms with Gasteiger partial charge in [-0.2, -0.15) is 0 Å². The lowest BCUT2D eigenvalue weighted by Gasteiger charge is -2.15. The van der Waals surface area contributed by atoms with E-state index in [0.717, 1.165) is 5.56 Å². The van der Waals surface area contributed by atoms with Crippen LogP contribution in [-0.4, -0.2) is 24.0 Å². The molecule has 31 heavy (non-hydrogen) atoms. The number of rotatable bonds is 6. The molecule has 2 amide bonds. The van der Waals surface area contributed by atoms with Crippen LogP contribution in [0.15, 0.2) is 78.9 Å². The van der Waals surface area contributed by atoms with Crippen molar-refractivity contribution in [2.45, 2.75) is 13.0 Å². The van der Waals surface area contributed by atoms with E-state index < -0.39 is 0 Å². The molecule has 0 bridgehead atoms. The van der Waals surface area contributed by atoms with E-state index in [4.69, 9.17) is 17.0 Å². The zero-order valence-corrected chi connectivity index (χ0v) is 18.0. The monoisotopic (exact) mass is 433 g/mol. The van der Waals surface area contributed by atoms with Gasteiger partial charge in [-0.25, -0.2) is 0 Å². The third kappa shape index (κ3) is 6.13. The normalized spacial score (nSPS) is 11.2. The van der Waals surface area contributed by atoms with Gasteiger partial charge in [0.1, 0.15) is 5.75 Å². The molecule has 0 spiro atoms. The zero-order chi connectivity index (χ0) is 22.2.